The zero-order valence-electron chi connectivity index (χ0n) is 14.9. The lowest BCUT2D eigenvalue weighted by atomic mass is 10.1. The molecular weight excluding hydrogens is 316 g/mol. The molecule has 1 aliphatic rings. The first-order valence-electron chi connectivity index (χ1n) is 8.78. The number of carbonyl (C=O) groups excluding carboxylic acids is 1. The third-order valence-electron chi connectivity index (χ3n) is 4.69. The van der Waals surface area contributed by atoms with Crippen LogP contribution < -0.4 is 0 Å². The molecule has 0 saturated heterocycles. The summed E-state index contributed by atoms with van der Waals surface area (Å²) < 4.78 is 1.95. The van der Waals surface area contributed by atoms with E-state index in [9.17, 15) is 9.90 Å². The monoisotopic (exact) mass is 342 g/mol. The number of hydrogen-bond acceptors (Lipinski definition) is 4. The van der Waals surface area contributed by atoms with Crippen molar-refractivity contribution in [2.24, 2.45) is 0 Å². The van der Waals surface area contributed by atoms with E-state index in [1.807, 2.05) is 41.1 Å². The summed E-state index contributed by atoms with van der Waals surface area (Å²) in [4.78, 5) is 16.5. The van der Waals surface area contributed by atoms with E-state index >= 15 is 0 Å². The van der Waals surface area contributed by atoms with Gasteiger partial charge in [0.25, 0.3) is 5.91 Å². The summed E-state index contributed by atoms with van der Waals surface area (Å²) in [6, 6.07) is 11.4. The topological polar surface area (TPSA) is 61.6 Å². The maximum Gasteiger partial charge on any atom is 0.274 e. The zero-order chi connectivity index (χ0) is 17.8. The Balaban J connectivity index is 1.60. The van der Waals surface area contributed by atoms with Gasteiger partial charge in [-0.1, -0.05) is 30.3 Å². The van der Waals surface area contributed by atoms with Crippen LogP contribution in [0, 0.1) is 0 Å². The summed E-state index contributed by atoms with van der Waals surface area (Å²) in [7, 11) is 3.85. The molecule has 6 heteroatoms. The second-order valence-corrected chi connectivity index (χ2v) is 6.78. The van der Waals surface area contributed by atoms with E-state index in [-0.39, 0.29) is 5.91 Å². The molecule has 2 heterocycles. The van der Waals surface area contributed by atoms with Crippen LogP contribution in [0.5, 0.6) is 0 Å². The second kappa shape index (κ2) is 7.80. The van der Waals surface area contributed by atoms with Crippen LogP contribution in [0.2, 0.25) is 0 Å². The van der Waals surface area contributed by atoms with Crippen LogP contribution in [0.1, 0.15) is 40.7 Å². The molecular formula is C19H26N4O2. The first-order chi connectivity index (χ1) is 12.0. The number of aromatic nitrogens is 2. The van der Waals surface area contributed by atoms with Crippen LogP contribution in [0.15, 0.2) is 36.4 Å². The Morgan fingerprint density at radius 1 is 1.32 bits per heavy atom. The average molecular weight is 342 g/mol. The Labute approximate surface area is 148 Å². The molecule has 1 aromatic heterocycles. The number of hydrogen-bond donors (Lipinski definition) is 1. The van der Waals surface area contributed by atoms with Crippen LogP contribution >= 0.6 is 0 Å². The third kappa shape index (κ3) is 4.27. The predicted octanol–water partition coefficient (Wildman–Crippen LogP) is 1.91. The lowest BCUT2D eigenvalue weighted by Crippen LogP contribution is -2.29. The summed E-state index contributed by atoms with van der Waals surface area (Å²) >= 11 is 0. The normalized spacial score (nSPS) is 16.1. The molecule has 1 N–H and O–H groups in total. The van der Waals surface area contributed by atoms with Crippen molar-refractivity contribution in [2.75, 3.05) is 27.2 Å². The minimum absolute atomic E-state index is 0.0940. The van der Waals surface area contributed by atoms with Gasteiger partial charge in [0.15, 0.2) is 5.69 Å². The minimum Gasteiger partial charge on any atom is -0.388 e. The van der Waals surface area contributed by atoms with Gasteiger partial charge >= 0.3 is 0 Å². The Morgan fingerprint density at radius 2 is 2.08 bits per heavy atom. The molecule has 0 bridgehead atoms. The number of aliphatic hydroxyl groups excluding tert-OH is 1. The first kappa shape index (κ1) is 17.6. The molecule has 0 radical (unpaired) electrons. The van der Waals surface area contributed by atoms with Gasteiger partial charge in [-0.25, -0.2) is 0 Å². The average Bonchev–Trinajstić information content (AvgIpc) is 2.93. The van der Waals surface area contributed by atoms with Crippen molar-refractivity contribution in [1.29, 1.82) is 0 Å². The van der Waals surface area contributed by atoms with Crippen molar-refractivity contribution >= 4 is 5.91 Å². The van der Waals surface area contributed by atoms with Crippen molar-refractivity contribution in [3.63, 3.8) is 0 Å². The van der Waals surface area contributed by atoms with Crippen molar-refractivity contribution in [3.8, 4) is 0 Å². The van der Waals surface area contributed by atoms with E-state index < -0.39 is 6.10 Å². The molecule has 0 fully saturated rings. The minimum atomic E-state index is -0.566. The fourth-order valence-corrected chi connectivity index (χ4v) is 3.18. The van der Waals surface area contributed by atoms with Crippen LogP contribution in [0.25, 0.3) is 0 Å². The van der Waals surface area contributed by atoms with Gasteiger partial charge < -0.3 is 14.9 Å². The van der Waals surface area contributed by atoms with Gasteiger partial charge in [0.2, 0.25) is 0 Å². The molecule has 25 heavy (non-hydrogen) atoms. The highest BCUT2D eigenvalue weighted by Gasteiger charge is 2.21. The summed E-state index contributed by atoms with van der Waals surface area (Å²) in [6.07, 6.45) is 0.976. The second-order valence-electron chi connectivity index (χ2n) is 6.78. The van der Waals surface area contributed by atoms with Crippen molar-refractivity contribution in [2.45, 2.75) is 32.0 Å². The van der Waals surface area contributed by atoms with Gasteiger partial charge in [0.05, 0.1) is 11.8 Å². The molecule has 1 aromatic carbocycles. The van der Waals surface area contributed by atoms with Gasteiger partial charge in [0, 0.05) is 33.2 Å². The molecule has 1 amide bonds. The number of nitrogens with zero attached hydrogens (tertiary/aromatic N) is 4. The lowest BCUT2D eigenvalue weighted by Gasteiger charge is -2.18. The highest BCUT2D eigenvalue weighted by atomic mass is 16.3. The van der Waals surface area contributed by atoms with Gasteiger partial charge in [-0.15, -0.1) is 0 Å². The van der Waals surface area contributed by atoms with Crippen LogP contribution in [0.3, 0.4) is 0 Å². The standard InChI is InChI=1S/C19H26N4O2/c1-21-10-6-11-23-16(14-21)13-17(20-23)19(25)22(2)12-9-18(24)15-7-4-3-5-8-15/h3-5,7-8,13,18,24H,6,9-12,14H2,1-2H3. The third-order valence-corrected chi connectivity index (χ3v) is 4.69. The fraction of sp³-hybridized carbons (Fsp3) is 0.474. The van der Waals surface area contributed by atoms with E-state index in [0.717, 1.165) is 37.3 Å². The number of amides is 1. The Hall–Kier alpha value is -2.18. The smallest absolute Gasteiger partial charge is 0.274 e. The predicted molar refractivity (Wildman–Crippen MR) is 96.2 cm³/mol. The molecule has 2 aromatic rings. The van der Waals surface area contributed by atoms with E-state index in [1.165, 1.54) is 0 Å². The SMILES string of the molecule is CN1CCCn2nc(C(=O)N(C)CCC(O)c3ccccc3)cc2C1. The quantitative estimate of drug-likeness (QED) is 0.902. The summed E-state index contributed by atoms with van der Waals surface area (Å²) in [5.74, 6) is -0.0940. The fourth-order valence-electron chi connectivity index (χ4n) is 3.18. The van der Waals surface area contributed by atoms with Gasteiger partial charge in [-0.05, 0) is 31.5 Å². The summed E-state index contributed by atoms with van der Waals surface area (Å²) in [6.45, 7) is 3.20. The summed E-state index contributed by atoms with van der Waals surface area (Å²) in [5, 5.41) is 14.7. The van der Waals surface area contributed by atoms with Crippen LogP contribution in [-0.2, 0) is 13.1 Å². The molecule has 1 atom stereocenters. The van der Waals surface area contributed by atoms with Gasteiger partial charge in [-0.3, -0.25) is 9.48 Å². The molecule has 0 saturated carbocycles. The largest absolute Gasteiger partial charge is 0.388 e. The molecule has 1 unspecified atom stereocenters. The highest BCUT2D eigenvalue weighted by Crippen LogP contribution is 2.17. The van der Waals surface area contributed by atoms with Crippen LogP contribution in [0.4, 0.5) is 0 Å². The molecule has 1 aliphatic heterocycles. The van der Waals surface area contributed by atoms with E-state index in [0.29, 0.717) is 18.7 Å². The Kier molecular flexibility index (Phi) is 5.50. The van der Waals surface area contributed by atoms with E-state index in [2.05, 4.69) is 17.0 Å². The lowest BCUT2D eigenvalue weighted by molar-refractivity contribution is 0.0754. The highest BCUT2D eigenvalue weighted by molar-refractivity contribution is 5.92. The molecule has 3 rings (SSSR count). The van der Waals surface area contributed by atoms with Crippen molar-refractivity contribution < 1.29 is 9.90 Å². The Bertz CT molecular complexity index is 713. The van der Waals surface area contributed by atoms with Crippen LogP contribution in [-0.4, -0.2) is 57.8 Å². The number of carbonyl (C=O) groups is 1. The Morgan fingerprint density at radius 3 is 2.84 bits per heavy atom. The van der Waals surface area contributed by atoms with E-state index in [1.54, 1.807) is 11.9 Å². The maximum absolute atomic E-state index is 12.6. The zero-order valence-corrected chi connectivity index (χ0v) is 14.9. The summed E-state index contributed by atoms with van der Waals surface area (Å²) in [5.41, 5.74) is 2.45. The first-order valence-corrected chi connectivity index (χ1v) is 8.78. The number of aliphatic hydroxyl groups is 1. The molecule has 0 spiro atoms. The molecule has 6 nitrogen and oxygen atoms in total. The van der Waals surface area contributed by atoms with Crippen molar-refractivity contribution in [1.82, 2.24) is 19.6 Å². The molecule has 0 aliphatic carbocycles. The van der Waals surface area contributed by atoms with Gasteiger partial charge in [0.1, 0.15) is 0 Å². The number of rotatable bonds is 5. The number of benzene rings is 1. The van der Waals surface area contributed by atoms with Crippen molar-refractivity contribution in [3.05, 3.63) is 53.3 Å². The number of aryl methyl sites for hydroxylation is 1. The van der Waals surface area contributed by atoms with E-state index in [4.69, 9.17) is 0 Å². The maximum atomic E-state index is 12.6. The number of fused-ring (bicyclic) bond motifs is 1. The van der Waals surface area contributed by atoms with Gasteiger partial charge in [-0.2, -0.15) is 5.10 Å². The molecule has 134 valence electrons.